The molecule has 1 atom stereocenters. The fourth-order valence-corrected chi connectivity index (χ4v) is 1.82. The molecule has 3 N–H and O–H groups in total. The van der Waals surface area contributed by atoms with Crippen LogP contribution in [0.5, 0.6) is 0 Å². The standard InChI is InChI=1S/C15H17ClN2O3/c1-10-2-7-14(21-10)15(20)18-12-5-3-11(4-6-12)17-9-13(19)8-16/h2-7,13,17,19H,8-9H2,1H3,(H,18,20). The molecule has 0 spiro atoms. The Kier molecular flexibility index (Phi) is 5.25. The third-order valence-corrected chi connectivity index (χ3v) is 3.18. The molecule has 0 radical (unpaired) electrons. The molecule has 6 heteroatoms. The Morgan fingerprint density at radius 1 is 1.24 bits per heavy atom. The van der Waals surface area contributed by atoms with Crippen molar-refractivity contribution in [2.75, 3.05) is 23.1 Å². The molecule has 0 saturated carbocycles. The van der Waals surface area contributed by atoms with E-state index in [9.17, 15) is 9.90 Å². The van der Waals surface area contributed by atoms with Crippen molar-refractivity contribution in [1.82, 2.24) is 0 Å². The van der Waals surface area contributed by atoms with E-state index in [0.717, 1.165) is 5.69 Å². The zero-order valence-corrected chi connectivity index (χ0v) is 12.4. The maximum Gasteiger partial charge on any atom is 0.291 e. The maximum atomic E-state index is 11.9. The number of rotatable bonds is 6. The summed E-state index contributed by atoms with van der Waals surface area (Å²) in [5.41, 5.74) is 1.50. The van der Waals surface area contributed by atoms with Gasteiger partial charge in [0.1, 0.15) is 5.76 Å². The van der Waals surface area contributed by atoms with E-state index < -0.39 is 6.10 Å². The predicted molar refractivity (Wildman–Crippen MR) is 83.1 cm³/mol. The van der Waals surface area contributed by atoms with Gasteiger partial charge in [-0.05, 0) is 43.3 Å². The number of alkyl halides is 1. The van der Waals surface area contributed by atoms with Crippen molar-refractivity contribution in [3.05, 3.63) is 47.9 Å². The second-order valence-electron chi connectivity index (χ2n) is 4.63. The molecule has 0 fully saturated rings. The molecular formula is C15H17ClN2O3. The van der Waals surface area contributed by atoms with E-state index in [1.165, 1.54) is 0 Å². The molecule has 0 aliphatic heterocycles. The first-order valence-electron chi connectivity index (χ1n) is 6.54. The first kappa shape index (κ1) is 15.4. The van der Waals surface area contributed by atoms with Gasteiger partial charge in [-0.3, -0.25) is 4.79 Å². The first-order valence-corrected chi connectivity index (χ1v) is 7.07. The Hall–Kier alpha value is -1.98. The number of furan rings is 1. The van der Waals surface area contributed by atoms with Crippen molar-refractivity contribution in [2.45, 2.75) is 13.0 Å². The third-order valence-electron chi connectivity index (χ3n) is 2.83. The molecule has 1 aromatic heterocycles. The first-order chi connectivity index (χ1) is 10.1. The van der Waals surface area contributed by atoms with Crippen molar-refractivity contribution in [3.8, 4) is 0 Å². The van der Waals surface area contributed by atoms with Crippen LogP contribution in [-0.4, -0.2) is 29.5 Å². The molecule has 0 bridgehead atoms. The molecule has 5 nitrogen and oxygen atoms in total. The van der Waals surface area contributed by atoms with Gasteiger partial charge in [0.25, 0.3) is 5.91 Å². The highest BCUT2D eigenvalue weighted by atomic mass is 35.5. The van der Waals surface area contributed by atoms with Gasteiger partial charge >= 0.3 is 0 Å². The van der Waals surface area contributed by atoms with Gasteiger partial charge < -0.3 is 20.2 Å². The summed E-state index contributed by atoms with van der Waals surface area (Å²) in [6, 6.07) is 10.5. The summed E-state index contributed by atoms with van der Waals surface area (Å²) < 4.78 is 5.25. The van der Waals surface area contributed by atoms with Crippen molar-refractivity contribution in [1.29, 1.82) is 0 Å². The van der Waals surface area contributed by atoms with Gasteiger partial charge in [0, 0.05) is 17.9 Å². The molecule has 2 rings (SSSR count). The molecule has 1 heterocycles. The minimum Gasteiger partial charge on any atom is -0.456 e. The van der Waals surface area contributed by atoms with Crippen LogP contribution in [0.4, 0.5) is 11.4 Å². The van der Waals surface area contributed by atoms with Crippen LogP contribution in [0.25, 0.3) is 0 Å². The Balaban J connectivity index is 1.91. The summed E-state index contributed by atoms with van der Waals surface area (Å²) in [7, 11) is 0. The number of nitrogens with one attached hydrogen (secondary N) is 2. The summed E-state index contributed by atoms with van der Waals surface area (Å²) in [5.74, 6) is 0.864. The van der Waals surface area contributed by atoms with E-state index in [-0.39, 0.29) is 17.5 Å². The Morgan fingerprint density at radius 3 is 2.48 bits per heavy atom. The molecule has 2 aromatic rings. The van der Waals surface area contributed by atoms with E-state index in [1.54, 1.807) is 31.2 Å². The average molecular weight is 309 g/mol. The summed E-state index contributed by atoms with van der Waals surface area (Å²) in [6.45, 7) is 2.16. The van der Waals surface area contributed by atoms with Crippen LogP contribution in [0.3, 0.4) is 0 Å². The number of carbonyl (C=O) groups is 1. The van der Waals surface area contributed by atoms with E-state index >= 15 is 0 Å². The Labute approximate surface area is 127 Å². The number of benzene rings is 1. The number of anilines is 2. The molecule has 21 heavy (non-hydrogen) atoms. The van der Waals surface area contributed by atoms with Gasteiger partial charge in [-0.15, -0.1) is 11.6 Å². The molecule has 1 amide bonds. The number of aliphatic hydroxyl groups excluding tert-OH is 1. The average Bonchev–Trinajstić information content (AvgIpc) is 2.93. The van der Waals surface area contributed by atoms with Crippen LogP contribution in [0, 0.1) is 6.92 Å². The van der Waals surface area contributed by atoms with E-state index in [4.69, 9.17) is 16.0 Å². The monoisotopic (exact) mass is 308 g/mol. The summed E-state index contributed by atoms with van der Waals surface area (Å²) in [6.07, 6.45) is -0.590. The minimum atomic E-state index is -0.590. The van der Waals surface area contributed by atoms with Crippen molar-refractivity contribution in [3.63, 3.8) is 0 Å². The van der Waals surface area contributed by atoms with Gasteiger partial charge in [-0.2, -0.15) is 0 Å². The minimum absolute atomic E-state index is 0.184. The predicted octanol–water partition coefficient (Wildman–Crippen LogP) is 2.85. The van der Waals surface area contributed by atoms with Crippen LogP contribution in [0.1, 0.15) is 16.3 Å². The van der Waals surface area contributed by atoms with Gasteiger partial charge in [-0.25, -0.2) is 0 Å². The topological polar surface area (TPSA) is 74.5 Å². The summed E-state index contributed by atoms with van der Waals surface area (Å²) in [4.78, 5) is 11.9. The SMILES string of the molecule is Cc1ccc(C(=O)Nc2ccc(NCC(O)CCl)cc2)o1. The van der Waals surface area contributed by atoms with Crippen LogP contribution >= 0.6 is 11.6 Å². The lowest BCUT2D eigenvalue weighted by atomic mass is 10.2. The summed E-state index contributed by atoms with van der Waals surface area (Å²) >= 11 is 5.51. The highest BCUT2D eigenvalue weighted by molar-refractivity contribution is 6.18. The fraction of sp³-hybridized carbons (Fsp3) is 0.267. The molecular weight excluding hydrogens is 292 g/mol. The number of aryl methyl sites for hydroxylation is 1. The molecule has 0 saturated heterocycles. The third kappa shape index (κ3) is 4.51. The number of hydrogen-bond donors (Lipinski definition) is 3. The van der Waals surface area contributed by atoms with Gasteiger partial charge in [-0.1, -0.05) is 0 Å². The highest BCUT2D eigenvalue weighted by Crippen LogP contribution is 2.15. The molecule has 0 aliphatic carbocycles. The van der Waals surface area contributed by atoms with Crippen LogP contribution in [0.15, 0.2) is 40.8 Å². The number of carbonyl (C=O) groups excluding carboxylic acids is 1. The second kappa shape index (κ2) is 7.15. The Morgan fingerprint density at radius 2 is 1.90 bits per heavy atom. The van der Waals surface area contributed by atoms with Crippen LogP contribution < -0.4 is 10.6 Å². The lowest BCUT2D eigenvalue weighted by Crippen LogP contribution is -2.20. The smallest absolute Gasteiger partial charge is 0.291 e. The fourth-order valence-electron chi connectivity index (χ4n) is 1.71. The van der Waals surface area contributed by atoms with Crippen LogP contribution in [0.2, 0.25) is 0 Å². The number of aliphatic hydroxyl groups is 1. The maximum absolute atomic E-state index is 11.9. The largest absolute Gasteiger partial charge is 0.456 e. The molecule has 1 aromatic carbocycles. The molecule has 112 valence electrons. The number of halogens is 1. The lowest BCUT2D eigenvalue weighted by Gasteiger charge is -2.10. The zero-order valence-electron chi connectivity index (χ0n) is 11.6. The second-order valence-corrected chi connectivity index (χ2v) is 4.94. The van der Waals surface area contributed by atoms with Crippen molar-refractivity contribution >= 4 is 28.9 Å². The van der Waals surface area contributed by atoms with Crippen LogP contribution in [-0.2, 0) is 0 Å². The van der Waals surface area contributed by atoms with Crippen molar-refractivity contribution in [2.24, 2.45) is 0 Å². The van der Waals surface area contributed by atoms with Gasteiger partial charge in [0.2, 0.25) is 0 Å². The molecule has 1 unspecified atom stereocenters. The lowest BCUT2D eigenvalue weighted by molar-refractivity contribution is 0.0995. The molecule has 0 aliphatic rings. The van der Waals surface area contributed by atoms with Crippen molar-refractivity contribution < 1.29 is 14.3 Å². The number of hydrogen-bond acceptors (Lipinski definition) is 4. The van der Waals surface area contributed by atoms with E-state index in [0.29, 0.717) is 18.0 Å². The normalized spacial score (nSPS) is 12.0. The summed E-state index contributed by atoms with van der Waals surface area (Å²) in [5, 5.41) is 15.1. The van der Waals surface area contributed by atoms with E-state index in [1.807, 2.05) is 12.1 Å². The van der Waals surface area contributed by atoms with Gasteiger partial charge in [0.05, 0.1) is 12.0 Å². The van der Waals surface area contributed by atoms with Gasteiger partial charge in [0.15, 0.2) is 5.76 Å². The highest BCUT2D eigenvalue weighted by Gasteiger charge is 2.10. The number of amides is 1. The zero-order chi connectivity index (χ0) is 15.2. The Bertz CT molecular complexity index is 595. The van der Waals surface area contributed by atoms with E-state index in [2.05, 4.69) is 10.6 Å². The quantitative estimate of drug-likeness (QED) is 0.717.